The molecule has 26 heavy (non-hydrogen) atoms. The van der Waals surface area contributed by atoms with Crippen molar-refractivity contribution < 1.29 is 9.18 Å². The van der Waals surface area contributed by atoms with Crippen molar-refractivity contribution in [2.75, 3.05) is 14.1 Å². The third-order valence-electron chi connectivity index (χ3n) is 3.91. The second-order valence-electron chi connectivity index (χ2n) is 6.06. The first-order valence-corrected chi connectivity index (χ1v) is 9.03. The maximum Gasteiger partial charge on any atom is 0.253 e. The Morgan fingerprint density at radius 3 is 2.35 bits per heavy atom. The summed E-state index contributed by atoms with van der Waals surface area (Å²) in [6, 6.07) is 13.8. The van der Waals surface area contributed by atoms with E-state index in [-0.39, 0.29) is 11.7 Å². The molecular weight excluding hydrogens is 351 g/mol. The van der Waals surface area contributed by atoms with E-state index in [1.165, 1.54) is 12.1 Å². The van der Waals surface area contributed by atoms with E-state index in [0.29, 0.717) is 17.1 Å². The van der Waals surface area contributed by atoms with E-state index in [0.717, 1.165) is 16.3 Å². The van der Waals surface area contributed by atoms with Crippen LogP contribution < -0.4 is 0 Å². The predicted molar refractivity (Wildman–Crippen MR) is 100 cm³/mol. The van der Waals surface area contributed by atoms with Crippen LogP contribution in [0.2, 0.25) is 0 Å². The Morgan fingerprint density at radius 2 is 1.73 bits per heavy atom. The SMILES string of the molecule is CN(C)C(=O)c1ccc(CSc2nnc(-c3ccc(F)cc3)n2C)cc1. The fourth-order valence-electron chi connectivity index (χ4n) is 2.44. The molecule has 0 radical (unpaired) electrons. The zero-order valence-corrected chi connectivity index (χ0v) is 15.6. The Morgan fingerprint density at radius 1 is 1.08 bits per heavy atom. The quantitative estimate of drug-likeness (QED) is 0.644. The predicted octanol–water partition coefficient (Wildman–Crippen LogP) is 3.62. The summed E-state index contributed by atoms with van der Waals surface area (Å²) in [5.41, 5.74) is 2.58. The molecule has 134 valence electrons. The number of aromatic nitrogens is 3. The molecule has 0 saturated heterocycles. The highest BCUT2D eigenvalue weighted by Crippen LogP contribution is 2.25. The lowest BCUT2D eigenvalue weighted by Crippen LogP contribution is -2.21. The number of carbonyl (C=O) groups is 1. The van der Waals surface area contributed by atoms with Gasteiger partial charge in [0.2, 0.25) is 0 Å². The fraction of sp³-hybridized carbons (Fsp3) is 0.211. The highest BCUT2D eigenvalue weighted by Gasteiger charge is 2.12. The molecule has 2 aromatic carbocycles. The van der Waals surface area contributed by atoms with Crippen LogP contribution in [-0.4, -0.2) is 39.7 Å². The molecule has 3 rings (SSSR count). The normalized spacial score (nSPS) is 10.8. The van der Waals surface area contributed by atoms with Gasteiger partial charge in [-0.15, -0.1) is 10.2 Å². The molecule has 1 heterocycles. The van der Waals surface area contributed by atoms with Crippen molar-refractivity contribution >= 4 is 17.7 Å². The molecule has 5 nitrogen and oxygen atoms in total. The summed E-state index contributed by atoms with van der Waals surface area (Å²) in [6.07, 6.45) is 0. The van der Waals surface area contributed by atoms with Gasteiger partial charge in [-0.1, -0.05) is 23.9 Å². The molecule has 3 aromatic rings. The Hall–Kier alpha value is -2.67. The maximum absolute atomic E-state index is 13.1. The monoisotopic (exact) mass is 370 g/mol. The minimum absolute atomic E-state index is 0.0126. The lowest BCUT2D eigenvalue weighted by Gasteiger charge is -2.10. The van der Waals surface area contributed by atoms with Crippen molar-refractivity contribution in [1.82, 2.24) is 19.7 Å². The lowest BCUT2D eigenvalue weighted by atomic mass is 10.1. The van der Waals surface area contributed by atoms with E-state index < -0.39 is 0 Å². The van der Waals surface area contributed by atoms with Gasteiger partial charge in [0.05, 0.1) is 0 Å². The number of nitrogens with zero attached hydrogens (tertiary/aromatic N) is 4. The summed E-state index contributed by atoms with van der Waals surface area (Å²) >= 11 is 1.56. The molecular formula is C19H19FN4OS. The minimum atomic E-state index is -0.276. The van der Waals surface area contributed by atoms with Crippen LogP contribution in [0, 0.1) is 5.82 Å². The second-order valence-corrected chi connectivity index (χ2v) is 7.00. The Kier molecular flexibility index (Phi) is 5.37. The molecule has 0 N–H and O–H groups in total. The maximum atomic E-state index is 13.1. The number of thioether (sulfide) groups is 1. The largest absolute Gasteiger partial charge is 0.345 e. The Bertz CT molecular complexity index is 904. The lowest BCUT2D eigenvalue weighted by molar-refractivity contribution is 0.0827. The highest BCUT2D eigenvalue weighted by atomic mass is 32.2. The summed E-state index contributed by atoms with van der Waals surface area (Å²) in [4.78, 5) is 13.5. The van der Waals surface area contributed by atoms with E-state index in [1.807, 2.05) is 35.9 Å². The average Bonchev–Trinajstić information content (AvgIpc) is 3.01. The highest BCUT2D eigenvalue weighted by molar-refractivity contribution is 7.98. The summed E-state index contributed by atoms with van der Waals surface area (Å²) in [5.74, 6) is 1.12. The molecule has 0 aliphatic heterocycles. The van der Waals surface area contributed by atoms with Gasteiger partial charge in [-0.05, 0) is 42.0 Å². The first-order chi connectivity index (χ1) is 12.5. The van der Waals surface area contributed by atoms with E-state index in [4.69, 9.17) is 0 Å². The van der Waals surface area contributed by atoms with Gasteiger partial charge in [-0.3, -0.25) is 4.79 Å². The number of halogens is 1. The van der Waals surface area contributed by atoms with Gasteiger partial charge in [-0.2, -0.15) is 0 Å². The summed E-state index contributed by atoms with van der Waals surface area (Å²) < 4.78 is 15.0. The summed E-state index contributed by atoms with van der Waals surface area (Å²) in [6.45, 7) is 0. The third-order valence-corrected chi connectivity index (χ3v) is 5.00. The van der Waals surface area contributed by atoms with Gasteiger partial charge < -0.3 is 9.47 Å². The molecule has 0 saturated carbocycles. The molecule has 0 unspecified atom stereocenters. The smallest absolute Gasteiger partial charge is 0.253 e. The zero-order valence-electron chi connectivity index (χ0n) is 14.8. The van der Waals surface area contributed by atoms with Crippen molar-refractivity contribution in [3.05, 3.63) is 65.5 Å². The van der Waals surface area contributed by atoms with Crippen molar-refractivity contribution in [2.24, 2.45) is 7.05 Å². The topological polar surface area (TPSA) is 51.0 Å². The van der Waals surface area contributed by atoms with Crippen molar-refractivity contribution in [3.8, 4) is 11.4 Å². The van der Waals surface area contributed by atoms with Crippen LogP contribution in [-0.2, 0) is 12.8 Å². The summed E-state index contributed by atoms with van der Waals surface area (Å²) in [5, 5.41) is 9.20. The average molecular weight is 370 g/mol. The number of hydrogen-bond acceptors (Lipinski definition) is 4. The van der Waals surface area contributed by atoms with Crippen LogP contribution in [0.25, 0.3) is 11.4 Å². The molecule has 0 spiro atoms. The molecule has 0 fully saturated rings. The minimum Gasteiger partial charge on any atom is -0.345 e. The van der Waals surface area contributed by atoms with E-state index in [2.05, 4.69) is 10.2 Å². The van der Waals surface area contributed by atoms with Gasteiger partial charge in [-0.25, -0.2) is 4.39 Å². The molecule has 0 aliphatic carbocycles. The van der Waals surface area contributed by atoms with Crippen molar-refractivity contribution in [3.63, 3.8) is 0 Å². The fourth-order valence-corrected chi connectivity index (χ4v) is 3.31. The number of hydrogen-bond donors (Lipinski definition) is 0. The van der Waals surface area contributed by atoms with Crippen LogP contribution >= 0.6 is 11.8 Å². The summed E-state index contributed by atoms with van der Waals surface area (Å²) in [7, 11) is 5.36. The number of rotatable bonds is 5. The standard InChI is InChI=1S/C19H19FN4OS/c1-23(2)18(25)15-6-4-13(5-7-15)12-26-19-22-21-17(24(19)3)14-8-10-16(20)11-9-14/h4-11H,12H2,1-3H3. The number of carbonyl (C=O) groups excluding carboxylic acids is 1. The molecule has 0 aliphatic rings. The Labute approximate surface area is 155 Å². The van der Waals surface area contributed by atoms with Crippen LogP contribution in [0.15, 0.2) is 53.7 Å². The molecule has 1 amide bonds. The van der Waals surface area contributed by atoms with E-state index in [9.17, 15) is 9.18 Å². The molecule has 0 bridgehead atoms. The van der Waals surface area contributed by atoms with Crippen LogP contribution in [0.3, 0.4) is 0 Å². The van der Waals surface area contributed by atoms with Gasteiger partial charge in [0.15, 0.2) is 11.0 Å². The second kappa shape index (κ2) is 7.70. The molecule has 1 aromatic heterocycles. The van der Waals surface area contributed by atoms with Crippen LogP contribution in [0.5, 0.6) is 0 Å². The van der Waals surface area contributed by atoms with Gasteiger partial charge in [0, 0.05) is 38.0 Å². The zero-order chi connectivity index (χ0) is 18.7. The molecule has 0 atom stereocenters. The van der Waals surface area contributed by atoms with E-state index in [1.54, 1.807) is 42.9 Å². The Balaban J connectivity index is 1.69. The third kappa shape index (κ3) is 3.94. The first-order valence-electron chi connectivity index (χ1n) is 8.04. The van der Waals surface area contributed by atoms with E-state index >= 15 is 0 Å². The number of amides is 1. The van der Waals surface area contributed by atoms with Gasteiger partial charge in [0.1, 0.15) is 5.82 Å². The van der Waals surface area contributed by atoms with Crippen molar-refractivity contribution in [2.45, 2.75) is 10.9 Å². The van der Waals surface area contributed by atoms with Gasteiger partial charge >= 0.3 is 0 Å². The van der Waals surface area contributed by atoms with Crippen LogP contribution in [0.4, 0.5) is 4.39 Å². The van der Waals surface area contributed by atoms with Crippen molar-refractivity contribution in [1.29, 1.82) is 0 Å². The number of benzene rings is 2. The van der Waals surface area contributed by atoms with Crippen LogP contribution in [0.1, 0.15) is 15.9 Å². The molecule has 7 heteroatoms. The van der Waals surface area contributed by atoms with Gasteiger partial charge in [0.25, 0.3) is 5.91 Å². The first kappa shape index (κ1) is 18.1.